The molecule has 0 aromatic rings. The number of ketones is 2. The molecule has 1 fully saturated rings. The van der Waals surface area contributed by atoms with Crippen molar-refractivity contribution in [3.63, 3.8) is 0 Å². The summed E-state index contributed by atoms with van der Waals surface area (Å²) in [5.74, 6) is -0.797. The number of nitrogens with zero attached hydrogens (tertiary/aromatic N) is 2. The van der Waals surface area contributed by atoms with Crippen molar-refractivity contribution < 1.29 is 24.3 Å². The lowest BCUT2D eigenvalue weighted by Gasteiger charge is -2.37. The van der Waals surface area contributed by atoms with Gasteiger partial charge in [-0.15, -0.1) is 0 Å². The minimum atomic E-state index is -1.64. The Morgan fingerprint density at radius 3 is 1.93 bits per heavy atom. The lowest BCUT2D eigenvalue weighted by atomic mass is 9.82. The van der Waals surface area contributed by atoms with Crippen LogP contribution < -0.4 is 0 Å². The van der Waals surface area contributed by atoms with Crippen molar-refractivity contribution in [3.8, 4) is 0 Å². The van der Waals surface area contributed by atoms with Crippen LogP contribution in [0.5, 0.6) is 0 Å². The van der Waals surface area contributed by atoms with Gasteiger partial charge in [0.05, 0.1) is 0 Å². The van der Waals surface area contributed by atoms with Crippen LogP contribution in [0, 0.1) is 0 Å². The minimum absolute atomic E-state index is 0.0320. The Hall–Kier alpha value is -2.28. The van der Waals surface area contributed by atoms with Crippen LogP contribution >= 0.6 is 0 Å². The first kappa shape index (κ1) is 21.0. The maximum absolute atomic E-state index is 12.7. The first-order valence-corrected chi connectivity index (χ1v) is 9.21. The molecule has 1 N–H and O–H groups in total. The van der Waals surface area contributed by atoms with Crippen LogP contribution in [0.2, 0.25) is 0 Å². The number of amides is 2. The molecule has 0 saturated carbocycles. The molecule has 0 bridgehead atoms. The average molecular weight is 376 g/mol. The number of rotatable bonds is 4. The number of carbonyl (C=O) groups excluding carboxylic acids is 4. The van der Waals surface area contributed by atoms with E-state index in [9.17, 15) is 24.3 Å². The van der Waals surface area contributed by atoms with E-state index < -0.39 is 11.5 Å². The molecule has 2 aliphatic rings. The van der Waals surface area contributed by atoms with Crippen molar-refractivity contribution in [2.24, 2.45) is 0 Å². The van der Waals surface area contributed by atoms with Gasteiger partial charge in [0.2, 0.25) is 5.91 Å². The van der Waals surface area contributed by atoms with E-state index in [-0.39, 0.29) is 30.3 Å². The van der Waals surface area contributed by atoms with Crippen molar-refractivity contribution in [3.05, 3.63) is 22.3 Å². The second-order valence-electron chi connectivity index (χ2n) is 7.58. The Balaban J connectivity index is 2.04. The Bertz CT molecular complexity index is 752. The van der Waals surface area contributed by atoms with E-state index in [0.717, 1.165) is 0 Å². The van der Waals surface area contributed by atoms with Gasteiger partial charge in [-0.25, -0.2) is 0 Å². The zero-order chi connectivity index (χ0) is 20.5. The van der Waals surface area contributed by atoms with Gasteiger partial charge in [-0.05, 0) is 40.5 Å². The van der Waals surface area contributed by atoms with E-state index in [0.29, 0.717) is 48.5 Å². The summed E-state index contributed by atoms with van der Waals surface area (Å²) in [5, 5.41) is 10.7. The molecule has 2 amide bonds. The first-order valence-electron chi connectivity index (χ1n) is 9.21. The molecule has 0 unspecified atom stereocenters. The van der Waals surface area contributed by atoms with Crippen LogP contribution in [0.1, 0.15) is 47.5 Å². The molecule has 0 aromatic carbocycles. The monoisotopic (exact) mass is 376 g/mol. The van der Waals surface area contributed by atoms with Gasteiger partial charge < -0.3 is 14.9 Å². The van der Waals surface area contributed by atoms with Gasteiger partial charge >= 0.3 is 0 Å². The van der Waals surface area contributed by atoms with Crippen LogP contribution in [0.3, 0.4) is 0 Å². The maximum Gasteiger partial charge on any atom is 0.254 e. The number of allylic oxidation sites excluding steroid dienone is 4. The number of hydrogen-bond acceptors (Lipinski definition) is 5. The fraction of sp³-hybridized carbons (Fsp3) is 0.600. The molecule has 1 aliphatic heterocycles. The van der Waals surface area contributed by atoms with Crippen molar-refractivity contribution >= 4 is 23.4 Å². The van der Waals surface area contributed by atoms with E-state index in [1.807, 2.05) is 0 Å². The zero-order valence-electron chi connectivity index (χ0n) is 16.7. The normalized spacial score (nSPS) is 21.0. The summed E-state index contributed by atoms with van der Waals surface area (Å²) < 4.78 is 0. The fourth-order valence-corrected chi connectivity index (χ4v) is 3.50. The highest BCUT2D eigenvalue weighted by molar-refractivity contribution is 6.24. The summed E-state index contributed by atoms with van der Waals surface area (Å²) >= 11 is 0. The van der Waals surface area contributed by atoms with Crippen LogP contribution in [-0.4, -0.2) is 70.1 Å². The highest BCUT2D eigenvalue weighted by Crippen LogP contribution is 2.29. The molecular weight excluding hydrogens is 348 g/mol. The molecule has 1 aliphatic carbocycles. The molecule has 1 heterocycles. The molecule has 2 rings (SSSR count). The van der Waals surface area contributed by atoms with Crippen molar-refractivity contribution in [1.82, 2.24) is 9.80 Å². The molecule has 148 valence electrons. The Kier molecular flexibility index (Phi) is 6.04. The van der Waals surface area contributed by atoms with Gasteiger partial charge in [-0.2, -0.15) is 0 Å². The van der Waals surface area contributed by atoms with Crippen molar-refractivity contribution in [2.45, 2.75) is 53.1 Å². The summed E-state index contributed by atoms with van der Waals surface area (Å²) in [6.45, 7) is 9.42. The zero-order valence-corrected chi connectivity index (χ0v) is 16.7. The topological polar surface area (TPSA) is 95.0 Å². The summed E-state index contributed by atoms with van der Waals surface area (Å²) in [5.41, 5.74) is -0.00241. The van der Waals surface area contributed by atoms with Crippen LogP contribution in [0.15, 0.2) is 22.3 Å². The highest BCUT2D eigenvalue weighted by atomic mass is 16.3. The molecule has 27 heavy (non-hydrogen) atoms. The number of piperazine rings is 1. The highest BCUT2D eigenvalue weighted by Gasteiger charge is 2.37. The number of aliphatic hydroxyl groups is 1. The van der Waals surface area contributed by atoms with Crippen LogP contribution in [0.25, 0.3) is 0 Å². The second kappa shape index (κ2) is 7.76. The Morgan fingerprint density at radius 1 is 0.926 bits per heavy atom. The van der Waals surface area contributed by atoms with Crippen molar-refractivity contribution in [1.29, 1.82) is 0 Å². The number of hydrogen-bond donors (Lipinski definition) is 1. The van der Waals surface area contributed by atoms with E-state index >= 15 is 0 Å². The third-order valence-corrected chi connectivity index (χ3v) is 5.65. The molecule has 0 spiro atoms. The molecule has 1 saturated heterocycles. The molecule has 7 nitrogen and oxygen atoms in total. The van der Waals surface area contributed by atoms with Crippen molar-refractivity contribution in [2.75, 3.05) is 26.2 Å². The van der Waals surface area contributed by atoms with E-state index in [2.05, 4.69) is 0 Å². The molecular formula is C20H28N2O5. The summed E-state index contributed by atoms with van der Waals surface area (Å²) in [7, 11) is 0. The Morgan fingerprint density at radius 2 is 1.41 bits per heavy atom. The third-order valence-electron chi connectivity index (χ3n) is 5.65. The van der Waals surface area contributed by atoms with E-state index in [1.165, 1.54) is 13.8 Å². The lowest BCUT2D eigenvalue weighted by molar-refractivity contribution is -0.153. The second-order valence-corrected chi connectivity index (χ2v) is 7.58. The third kappa shape index (κ3) is 4.18. The molecule has 0 aromatic heterocycles. The van der Waals surface area contributed by atoms with Gasteiger partial charge in [0.1, 0.15) is 5.60 Å². The SMILES string of the molecule is CC(=O)N1CCN(C(=O)[C@@](C)(O)CCC2=C(C)C(=O)C(C)=C(C)C2=O)CC1. The van der Waals surface area contributed by atoms with Gasteiger partial charge in [-0.3, -0.25) is 19.2 Å². The number of Topliss-reactive ketones (excluding diaryl/α,β-unsaturated/α-hetero) is 2. The van der Waals surface area contributed by atoms with Gasteiger partial charge in [0, 0.05) is 55.4 Å². The largest absolute Gasteiger partial charge is 0.380 e. The quantitative estimate of drug-likeness (QED) is 0.739. The fourth-order valence-electron chi connectivity index (χ4n) is 3.50. The molecule has 7 heteroatoms. The summed E-state index contributed by atoms with van der Waals surface area (Å²) in [6, 6.07) is 0. The minimum Gasteiger partial charge on any atom is -0.380 e. The van der Waals surface area contributed by atoms with Gasteiger partial charge in [0.15, 0.2) is 11.6 Å². The first-order chi connectivity index (χ1) is 12.5. The summed E-state index contributed by atoms with van der Waals surface area (Å²) in [6.07, 6.45) is 0.212. The van der Waals surface area contributed by atoms with Crippen LogP contribution in [-0.2, 0) is 19.2 Å². The predicted octanol–water partition coefficient (Wildman–Crippen LogP) is 1.01. The van der Waals surface area contributed by atoms with Gasteiger partial charge in [-0.1, -0.05) is 0 Å². The maximum atomic E-state index is 12.7. The smallest absolute Gasteiger partial charge is 0.254 e. The van der Waals surface area contributed by atoms with E-state index in [4.69, 9.17) is 0 Å². The van der Waals surface area contributed by atoms with E-state index in [1.54, 1.807) is 30.6 Å². The van der Waals surface area contributed by atoms with Gasteiger partial charge in [0.25, 0.3) is 5.91 Å². The lowest BCUT2D eigenvalue weighted by Crippen LogP contribution is -2.55. The number of carbonyl (C=O) groups is 4. The Labute approximate surface area is 159 Å². The van der Waals surface area contributed by atoms with Crippen LogP contribution in [0.4, 0.5) is 0 Å². The molecule has 0 radical (unpaired) electrons. The summed E-state index contributed by atoms with van der Waals surface area (Å²) in [4.78, 5) is 52.1. The molecule has 1 atom stereocenters. The average Bonchev–Trinajstić information content (AvgIpc) is 2.64. The standard InChI is InChI=1S/C20H28N2O5/c1-12-13(2)18(25)16(14(3)17(12)24)6-7-20(5,27)19(26)22-10-8-21(9-11-22)15(4)23/h27H,6-11H2,1-5H3/t20-/m0/s1. The predicted molar refractivity (Wildman–Crippen MR) is 99.8 cm³/mol.